The Balaban J connectivity index is 1.07. The average Bonchev–Trinajstić information content (AvgIpc) is 3.46. The van der Waals surface area contributed by atoms with Gasteiger partial charge in [-0.1, -0.05) is 24.3 Å². The van der Waals surface area contributed by atoms with Crippen molar-refractivity contribution in [2.24, 2.45) is 11.8 Å². The Hall–Kier alpha value is -2.42. The van der Waals surface area contributed by atoms with Gasteiger partial charge in [-0.2, -0.15) is 5.26 Å². The highest BCUT2D eigenvalue weighted by atomic mass is 19.1. The number of anilines is 1. The van der Waals surface area contributed by atoms with Gasteiger partial charge in [0.05, 0.1) is 17.8 Å². The number of nitrogens with zero attached hydrogens (tertiary/aromatic N) is 3. The van der Waals surface area contributed by atoms with Crippen LogP contribution < -0.4 is 4.90 Å². The predicted molar refractivity (Wildman–Crippen MR) is 117 cm³/mol. The molecular formula is C26H28FN3O. The smallest absolute Gasteiger partial charge is 0.143 e. The SMILES string of the molecule is N#Cc1ccc(N2CCN(C3CC4CC5(CC4C3)OCc3ccccc35)CC2)cc1F. The molecule has 1 saturated heterocycles. The Labute approximate surface area is 183 Å². The van der Waals surface area contributed by atoms with Crippen molar-refractivity contribution in [2.75, 3.05) is 31.1 Å². The summed E-state index contributed by atoms with van der Waals surface area (Å²) in [6, 6.07) is 16.3. The van der Waals surface area contributed by atoms with Gasteiger partial charge in [-0.3, -0.25) is 4.90 Å². The van der Waals surface area contributed by atoms with Gasteiger partial charge in [0, 0.05) is 37.9 Å². The average molecular weight is 418 g/mol. The molecular weight excluding hydrogens is 389 g/mol. The zero-order valence-electron chi connectivity index (χ0n) is 17.8. The lowest BCUT2D eigenvalue weighted by molar-refractivity contribution is -0.0404. The molecule has 6 rings (SSSR count). The Bertz CT molecular complexity index is 1030. The molecule has 3 fully saturated rings. The number of piperazine rings is 1. The number of nitriles is 1. The number of halogens is 1. The molecule has 31 heavy (non-hydrogen) atoms. The molecule has 0 bridgehead atoms. The van der Waals surface area contributed by atoms with Gasteiger partial charge in [0.1, 0.15) is 11.9 Å². The summed E-state index contributed by atoms with van der Waals surface area (Å²) >= 11 is 0. The fourth-order valence-corrected chi connectivity index (χ4v) is 6.77. The molecule has 4 nitrogen and oxygen atoms in total. The Morgan fingerprint density at radius 1 is 1.00 bits per heavy atom. The maximum absolute atomic E-state index is 14.0. The maximum atomic E-state index is 14.0. The molecule has 2 atom stereocenters. The molecule has 0 radical (unpaired) electrons. The minimum Gasteiger partial charge on any atom is -0.369 e. The van der Waals surface area contributed by atoms with Crippen molar-refractivity contribution in [3.05, 3.63) is 65.0 Å². The lowest BCUT2D eigenvalue weighted by Crippen LogP contribution is -2.50. The van der Waals surface area contributed by atoms with Crippen LogP contribution in [0.25, 0.3) is 0 Å². The van der Waals surface area contributed by atoms with Crippen molar-refractivity contribution in [1.82, 2.24) is 4.90 Å². The second-order valence-electron chi connectivity index (χ2n) is 9.79. The number of benzene rings is 2. The second-order valence-corrected chi connectivity index (χ2v) is 9.79. The normalized spacial score (nSPS) is 32.3. The fraction of sp³-hybridized carbons (Fsp3) is 0.500. The topological polar surface area (TPSA) is 39.5 Å². The van der Waals surface area contributed by atoms with E-state index in [-0.39, 0.29) is 11.2 Å². The first-order valence-electron chi connectivity index (χ1n) is 11.6. The van der Waals surface area contributed by atoms with Crippen molar-refractivity contribution in [3.8, 4) is 6.07 Å². The number of hydrogen-bond donors (Lipinski definition) is 0. The van der Waals surface area contributed by atoms with Gasteiger partial charge < -0.3 is 9.64 Å². The monoisotopic (exact) mass is 417 g/mol. The molecule has 2 aliphatic heterocycles. The number of hydrogen-bond acceptors (Lipinski definition) is 4. The first-order valence-corrected chi connectivity index (χ1v) is 11.6. The van der Waals surface area contributed by atoms with Crippen LogP contribution in [0.5, 0.6) is 0 Å². The van der Waals surface area contributed by atoms with Crippen LogP contribution in [0.4, 0.5) is 10.1 Å². The van der Waals surface area contributed by atoms with Gasteiger partial charge in [0.2, 0.25) is 0 Å². The number of fused-ring (bicyclic) bond motifs is 3. The lowest BCUT2D eigenvalue weighted by atomic mass is 9.88. The summed E-state index contributed by atoms with van der Waals surface area (Å²) in [5.74, 6) is 1.11. The van der Waals surface area contributed by atoms with E-state index in [1.807, 2.05) is 12.1 Å². The molecule has 0 N–H and O–H groups in total. The van der Waals surface area contributed by atoms with Crippen molar-refractivity contribution in [1.29, 1.82) is 5.26 Å². The standard InChI is InChI=1S/C26H28FN3O/c27-25-13-22(6-5-18(25)16-28)29-7-9-30(10-8-29)23-11-20-14-26(15-21(20)12-23)24-4-2-1-3-19(24)17-31-26/h1-6,13,20-21,23H,7-12,14-15,17H2. The summed E-state index contributed by atoms with van der Waals surface area (Å²) in [7, 11) is 0. The quantitative estimate of drug-likeness (QED) is 0.725. The summed E-state index contributed by atoms with van der Waals surface area (Å²) in [5, 5.41) is 8.94. The van der Waals surface area contributed by atoms with E-state index >= 15 is 0 Å². The van der Waals surface area contributed by atoms with Crippen molar-refractivity contribution >= 4 is 5.69 Å². The lowest BCUT2D eigenvalue weighted by Gasteiger charge is -2.39. The molecule has 0 amide bonds. The summed E-state index contributed by atoms with van der Waals surface area (Å²) in [4.78, 5) is 4.90. The van der Waals surface area contributed by atoms with E-state index in [4.69, 9.17) is 10.00 Å². The minimum absolute atomic E-state index is 0.0186. The fourth-order valence-electron chi connectivity index (χ4n) is 6.77. The number of rotatable bonds is 2. The minimum atomic E-state index is -0.421. The molecule has 2 heterocycles. The summed E-state index contributed by atoms with van der Waals surface area (Å²) in [6.07, 6.45) is 4.91. The van der Waals surface area contributed by atoms with Gasteiger partial charge in [-0.15, -0.1) is 0 Å². The van der Waals surface area contributed by atoms with Crippen LogP contribution in [0.3, 0.4) is 0 Å². The molecule has 2 saturated carbocycles. The molecule has 2 unspecified atom stereocenters. The van der Waals surface area contributed by atoms with Gasteiger partial charge in [-0.25, -0.2) is 4.39 Å². The van der Waals surface area contributed by atoms with E-state index in [1.165, 1.54) is 42.9 Å². The zero-order chi connectivity index (χ0) is 21.0. The van der Waals surface area contributed by atoms with Gasteiger partial charge >= 0.3 is 0 Å². The van der Waals surface area contributed by atoms with Crippen LogP contribution in [0.1, 0.15) is 42.4 Å². The number of ether oxygens (including phenoxy) is 1. The van der Waals surface area contributed by atoms with Crippen LogP contribution in [0.2, 0.25) is 0 Å². The third-order valence-electron chi connectivity index (χ3n) is 8.28. The zero-order valence-corrected chi connectivity index (χ0v) is 17.8. The summed E-state index contributed by atoms with van der Waals surface area (Å²) < 4.78 is 20.4. The molecule has 5 heteroatoms. The first kappa shape index (κ1) is 19.3. The Morgan fingerprint density at radius 2 is 1.74 bits per heavy atom. The van der Waals surface area contributed by atoms with E-state index in [0.717, 1.165) is 50.3 Å². The van der Waals surface area contributed by atoms with Gasteiger partial charge in [0.15, 0.2) is 0 Å². The third kappa shape index (κ3) is 3.16. The molecule has 4 aliphatic rings. The molecule has 2 aromatic carbocycles. The molecule has 1 spiro atoms. The largest absolute Gasteiger partial charge is 0.369 e. The van der Waals surface area contributed by atoms with E-state index in [0.29, 0.717) is 6.04 Å². The van der Waals surface area contributed by atoms with E-state index in [2.05, 4.69) is 34.1 Å². The van der Waals surface area contributed by atoms with Crippen LogP contribution in [0, 0.1) is 29.0 Å². The predicted octanol–water partition coefficient (Wildman–Crippen LogP) is 4.43. The van der Waals surface area contributed by atoms with E-state index in [1.54, 1.807) is 6.07 Å². The highest BCUT2D eigenvalue weighted by Gasteiger charge is 2.54. The van der Waals surface area contributed by atoms with Crippen molar-refractivity contribution in [2.45, 2.75) is 43.9 Å². The Morgan fingerprint density at radius 3 is 2.45 bits per heavy atom. The van der Waals surface area contributed by atoms with Crippen LogP contribution in [-0.2, 0) is 16.9 Å². The first-order chi connectivity index (χ1) is 15.1. The van der Waals surface area contributed by atoms with Gasteiger partial charge in [-0.05, 0) is 66.8 Å². The molecule has 2 aromatic rings. The van der Waals surface area contributed by atoms with E-state index < -0.39 is 5.82 Å². The summed E-state index contributed by atoms with van der Waals surface area (Å²) in [6.45, 7) is 4.65. The highest BCUT2D eigenvalue weighted by molar-refractivity contribution is 5.51. The van der Waals surface area contributed by atoms with Crippen LogP contribution >= 0.6 is 0 Å². The van der Waals surface area contributed by atoms with E-state index in [9.17, 15) is 4.39 Å². The van der Waals surface area contributed by atoms with Crippen LogP contribution in [-0.4, -0.2) is 37.1 Å². The Kier molecular flexibility index (Phi) is 4.55. The maximum Gasteiger partial charge on any atom is 0.143 e. The second kappa shape index (κ2) is 7.32. The highest BCUT2D eigenvalue weighted by Crippen LogP contribution is 2.58. The molecule has 160 valence electrons. The van der Waals surface area contributed by atoms with Crippen molar-refractivity contribution in [3.63, 3.8) is 0 Å². The molecule has 0 aromatic heterocycles. The van der Waals surface area contributed by atoms with Gasteiger partial charge in [0.25, 0.3) is 0 Å². The molecule has 2 aliphatic carbocycles. The third-order valence-corrected chi connectivity index (χ3v) is 8.28. The van der Waals surface area contributed by atoms with Crippen molar-refractivity contribution < 1.29 is 9.13 Å². The summed E-state index contributed by atoms with van der Waals surface area (Å²) in [5.41, 5.74) is 3.82. The van der Waals surface area contributed by atoms with Crippen LogP contribution in [0.15, 0.2) is 42.5 Å².